The van der Waals surface area contributed by atoms with Crippen molar-refractivity contribution in [1.29, 1.82) is 0 Å². The van der Waals surface area contributed by atoms with E-state index in [1.54, 1.807) is 7.11 Å². The van der Waals surface area contributed by atoms with E-state index in [4.69, 9.17) is 4.74 Å². The third-order valence-electron chi connectivity index (χ3n) is 3.19. The summed E-state index contributed by atoms with van der Waals surface area (Å²) in [6, 6.07) is 7.04. The molecule has 3 heteroatoms. The van der Waals surface area contributed by atoms with E-state index in [0.29, 0.717) is 6.04 Å². The van der Waals surface area contributed by atoms with E-state index in [0.717, 1.165) is 19.7 Å². The molecule has 0 amide bonds. The van der Waals surface area contributed by atoms with Crippen molar-refractivity contribution in [3.8, 4) is 0 Å². The van der Waals surface area contributed by atoms with Gasteiger partial charge < -0.3 is 15.0 Å². The Kier molecular flexibility index (Phi) is 6.16. The molecule has 3 nitrogen and oxygen atoms in total. The summed E-state index contributed by atoms with van der Waals surface area (Å²) in [5.41, 5.74) is 3.96. The van der Waals surface area contributed by atoms with Crippen LogP contribution in [0, 0.1) is 6.92 Å². The van der Waals surface area contributed by atoms with Crippen LogP contribution in [0.25, 0.3) is 0 Å². The van der Waals surface area contributed by atoms with E-state index in [-0.39, 0.29) is 0 Å². The van der Waals surface area contributed by atoms with Gasteiger partial charge in [0.25, 0.3) is 0 Å². The molecule has 0 saturated carbocycles. The lowest BCUT2D eigenvalue weighted by atomic mass is 10.1. The predicted octanol–water partition coefficient (Wildman–Crippen LogP) is 2.58. The second kappa shape index (κ2) is 7.39. The van der Waals surface area contributed by atoms with Crippen LogP contribution in [-0.4, -0.2) is 33.4 Å². The Labute approximate surface area is 111 Å². The molecule has 1 atom stereocenters. The van der Waals surface area contributed by atoms with E-state index in [1.807, 2.05) is 7.05 Å². The van der Waals surface area contributed by atoms with Crippen LogP contribution in [0.4, 0.5) is 5.69 Å². The van der Waals surface area contributed by atoms with E-state index < -0.39 is 0 Å². The molecular formula is C15H26N2O. The second-order valence-electron chi connectivity index (χ2n) is 4.75. The Hall–Kier alpha value is -1.06. The number of benzene rings is 1. The highest BCUT2D eigenvalue weighted by Gasteiger charge is 2.15. The first-order chi connectivity index (χ1) is 8.63. The summed E-state index contributed by atoms with van der Waals surface area (Å²) in [5, 5.41) is 3.24. The SMILES string of the molecule is CCN(c1ccc(C)cc1CNC)C(C)COC. The third kappa shape index (κ3) is 3.72. The van der Waals surface area contributed by atoms with E-state index >= 15 is 0 Å². The van der Waals surface area contributed by atoms with Gasteiger partial charge in [-0.15, -0.1) is 0 Å². The molecule has 0 aliphatic heterocycles. The number of hydrogen-bond donors (Lipinski definition) is 1. The zero-order chi connectivity index (χ0) is 13.5. The fourth-order valence-electron chi connectivity index (χ4n) is 2.38. The fourth-order valence-corrected chi connectivity index (χ4v) is 2.38. The molecule has 0 radical (unpaired) electrons. The first-order valence-corrected chi connectivity index (χ1v) is 6.63. The van der Waals surface area contributed by atoms with Gasteiger partial charge in [-0.1, -0.05) is 17.7 Å². The van der Waals surface area contributed by atoms with Crippen LogP contribution >= 0.6 is 0 Å². The van der Waals surface area contributed by atoms with Gasteiger partial charge in [0.15, 0.2) is 0 Å². The molecule has 1 unspecified atom stereocenters. The highest BCUT2D eigenvalue weighted by molar-refractivity contribution is 5.55. The van der Waals surface area contributed by atoms with Gasteiger partial charge in [-0.3, -0.25) is 0 Å². The zero-order valence-electron chi connectivity index (χ0n) is 12.3. The molecule has 18 heavy (non-hydrogen) atoms. The van der Waals surface area contributed by atoms with Crippen molar-refractivity contribution in [3.05, 3.63) is 29.3 Å². The van der Waals surface area contributed by atoms with Crippen LogP contribution in [0.15, 0.2) is 18.2 Å². The maximum absolute atomic E-state index is 5.27. The fraction of sp³-hybridized carbons (Fsp3) is 0.600. The number of ether oxygens (including phenoxy) is 1. The monoisotopic (exact) mass is 250 g/mol. The van der Waals surface area contributed by atoms with Gasteiger partial charge in [0.2, 0.25) is 0 Å². The van der Waals surface area contributed by atoms with Crippen molar-refractivity contribution in [3.63, 3.8) is 0 Å². The summed E-state index contributed by atoms with van der Waals surface area (Å²) in [4.78, 5) is 2.40. The highest BCUT2D eigenvalue weighted by atomic mass is 16.5. The molecular weight excluding hydrogens is 224 g/mol. The number of nitrogens with zero attached hydrogens (tertiary/aromatic N) is 1. The van der Waals surface area contributed by atoms with Crippen molar-refractivity contribution < 1.29 is 4.74 Å². The minimum atomic E-state index is 0.387. The molecule has 0 fully saturated rings. The van der Waals surface area contributed by atoms with Crippen LogP contribution in [-0.2, 0) is 11.3 Å². The largest absolute Gasteiger partial charge is 0.383 e. The lowest BCUT2D eigenvalue weighted by Crippen LogP contribution is -2.37. The topological polar surface area (TPSA) is 24.5 Å². The molecule has 102 valence electrons. The normalized spacial score (nSPS) is 12.5. The van der Waals surface area contributed by atoms with Crippen molar-refractivity contribution in [2.24, 2.45) is 0 Å². The Balaban J connectivity index is 3.03. The predicted molar refractivity (Wildman–Crippen MR) is 78.3 cm³/mol. The first kappa shape index (κ1) is 15.0. The molecule has 1 aromatic carbocycles. The van der Waals surface area contributed by atoms with Gasteiger partial charge in [-0.25, -0.2) is 0 Å². The molecule has 0 aliphatic rings. The van der Waals surface area contributed by atoms with E-state index in [2.05, 4.69) is 49.2 Å². The van der Waals surface area contributed by atoms with Crippen molar-refractivity contribution in [2.75, 3.05) is 32.2 Å². The Morgan fingerprint density at radius 1 is 1.39 bits per heavy atom. The van der Waals surface area contributed by atoms with E-state index in [1.165, 1.54) is 16.8 Å². The molecule has 1 N–H and O–H groups in total. The Morgan fingerprint density at radius 3 is 2.67 bits per heavy atom. The minimum absolute atomic E-state index is 0.387. The number of methoxy groups -OCH3 is 1. The summed E-state index contributed by atoms with van der Waals surface area (Å²) in [5.74, 6) is 0. The number of hydrogen-bond acceptors (Lipinski definition) is 3. The highest BCUT2D eigenvalue weighted by Crippen LogP contribution is 2.24. The van der Waals surface area contributed by atoms with Crippen molar-refractivity contribution >= 4 is 5.69 Å². The van der Waals surface area contributed by atoms with Gasteiger partial charge in [-0.05, 0) is 39.4 Å². The quantitative estimate of drug-likeness (QED) is 0.805. The molecule has 1 rings (SSSR count). The number of anilines is 1. The van der Waals surface area contributed by atoms with Crippen LogP contribution in [0.2, 0.25) is 0 Å². The van der Waals surface area contributed by atoms with Gasteiger partial charge in [0.05, 0.1) is 6.61 Å². The second-order valence-corrected chi connectivity index (χ2v) is 4.75. The number of nitrogens with one attached hydrogen (secondary N) is 1. The van der Waals surface area contributed by atoms with Crippen LogP contribution in [0.5, 0.6) is 0 Å². The van der Waals surface area contributed by atoms with Gasteiger partial charge >= 0.3 is 0 Å². The summed E-state index contributed by atoms with van der Waals surface area (Å²) in [6.45, 7) is 9.17. The molecule has 0 saturated heterocycles. The van der Waals surface area contributed by atoms with Gasteiger partial charge in [-0.2, -0.15) is 0 Å². The van der Waals surface area contributed by atoms with Crippen LogP contribution < -0.4 is 10.2 Å². The number of rotatable bonds is 7. The summed E-state index contributed by atoms with van der Waals surface area (Å²) in [6.07, 6.45) is 0. The minimum Gasteiger partial charge on any atom is -0.383 e. The maximum atomic E-state index is 5.27. The Bertz CT molecular complexity index is 366. The molecule has 0 heterocycles. The number of aryl methyl sites for hydroxylation is 1. The maximum Gasteiger partial charge on any atom is 0.0663 e. The van der Waals surface area contributed by atoms with E-state index in [9.17, 15) is 0 Å². The van der Waals surface area contributed by atoms with Crippen molar-refractivity contribution in [1.82, 2.24) is 5.32 Å². The molecule has 1 aromatic rings. The summed E-state index contributed by atoms with van der Waals surface area (Å²) >= 11 is 0. The molecule has 0 aliphatic carbocycles. The lowest BCUT2D eigenvalue weighted by molar-refractivity contribution is 0.182. The standard InChI is InChI=1S/C15H26N2O/c1-6-17(13(3)11-18-5)15-8-7-12(2)9-14(15)10-16-4/h7-9,13,16H,6,10-11H2,1-5H3. The Morgan fingerprint density at radius 2 is 2.11 bits per heavy atom. The zero-order valence-corrected chi connectivity index (χ0v) is 12.3. The number of likely N-dealkylation sites (N-methyl/N-ethyl adjacent to an activating group) is 1. The third-order valence-corrected chi connectivity index (χ3v) is 3.19. The summed E-state index contributed by atoms with van der Waals surface area (Å²) in [7, 11) is 3.75. The summed E-state index contributed by atoms with van der Waals surface area (Å²) < 4.78 is 5.27. The van der Waals surface area contributed by atoms with Crippen molar-refractivity contribution in [2.45, 2.75) is 33.4 Å². The average Bonchev–Trinajstić information content (AvgIpc) is 2.33. The first-order valence-electron chi connectivity index (χ1n) is 6.63. The molecule has 0 bridgehead atoms. The molecule has 0 spiro atoms. The van der Waals surface area contributed by atoms with Crippen LogP contribution in [0.1, 0.15) is 25.0 Å². The average molecular weight is 250 g/mol. The lowest BCUT2D eigenvalue weighted by Gasteiger charge is -2.31. The smallest absolute Gasteiger partial charge is 0.0663 e. The van der Waals surface area contributed by atoms with Crippen LogP contribution in [0.3, 0.4) is 0 Å². The molecule has 0 aromatic heterocycles. The van der Waals surface area contributed by atoms with Gasteiger partial charge in [0, 0.05) is 31.9 Å². The van der Waals surface area contributed by atoms with Gasteiger partial charge in [0.1, 0.15) is 0 Å².